The van der Waals surface area contributed by atoms with Gasteiger partial charge in [-0.2, -0.15) is 0 Å². The number of aromatic nitrogens is 1. The van der Waals surface area contributed by atoms with E-state index < -0.39 is 0 Å². The van der Waals surface area contributed by atoms with Crippen LogP contribution in [0, 0.1) is 6.92 Å². The molecule has 0 aliphatic rings. The number of pyridine rings is 1. The lowest BCUT2D eigenvalue weighted by molar-refractivity contribution is 0.0935. The van der Waals surface area contributed by atoms with Crippen LogP contribution >= 0.6 is 11.6 Å². The fourth-order valence-electron chi connectivity index (χ4n) is 1.74. The summed E-state index contributed by atoms with van der Waals surface area (Å²) < 4.78 is 0. The van der Waals surface area contributed by atoms with E-state index in [2.05, 4.69) is 10.3 Å². The molecule has 0 saturated heterocycles. The molecule has 0 aliphatic heterocycles. The normalized spacial score (nSPS) is 11.9. The Bertz CT molecular complexity index is 581. The summed E-state index contributed by atoms with van der Waals surface area (Å²) in [6.07, 6.45) is 1.52. The van der Waals surface area contributed by atoms with Gasteiger partial charge in [0.25, 0.3) is 5.91 Å². The monoisotopic (exact) mass is 274 g/mol. The quantitative estimate of drug-likeness (QED) is 0.930. The molecule has 2 rings (SSSR count). The van der Waals surface area contributed by atoms with E-state index >= 15 is 0 Å². The van der Waals surface area contributed by atoms with E-state index in [1.165, 1.54) is 11.8 Å². The van der Waals surface area contributed by atoms with Crippen molar-refractivity contribution in [3.63, 3.8) is 0 Å². The number of amides is 1. The molecule has 1 atom stereocenters. The molecule has 4 heteroatoms. The third kappa shape index (κ3) is 3.55. The van der Waals surface area contributed by atoms with Crippen molar-refractivity contribution in [1.82, 2.24) is 10.3 Å². The maximum absolute atomic E-state index is 12.0. The van der Waals surface area contributed by atoms with Gasteiger partial charge in [-0.1, -0.05) is 41.4 Å². The van der Waals surface area contributed by atoms with E-state index in [0.717, 1.165) is 5.56 Å². The molecule has 0 spiro atoms. The Kier molecular flexibility index (Phi) is 4.17. The number of nitrogens with zero attached hydrogens (tertiary/aromatic N) is 1. The van der Waals surface area contributed by atoms with Crippen LogP contribution in [0.25, 0.3) is 0 Å². The van der Waals surface area contributed by atoms with Crippen molar-refractivity contribution >= 4 is 17.5 Å². The van der Waals surface area contributed by atoms with Gasteiger partial charge in [-0.15, -0.1) is 0 Å². The van der Waals surface area contributed by atoms with Crippen molar-refractivity contribution in [2.75, 3.05) is 0 Å². The Morgan fingerprint density at radius 3 is 2.58 bits per heavy atom. The minimum absolute atomic E-state index is 0.0751. The molecule has 1 heterocycles. The standard InChI is InChI=1S/C15H15ClN2O/c1-10-3-5-12(6-4-10)11(2)18-15(19)14-9-13(16)7-8-17-14/h3-9,11H,1-2H3,(H,18,19). The highest BCUT2D eigenvalue weighted by molar-refractivity contribution is 6.30. The van der Waals surface area contributed by atoms with Gasteiger partial charge < -0.3 is 5.32 Å². The lowest BCUT2D eigenvalue weighted by Crippen LogP contribution is -2.27. The van der Waals surface area contributed by atoms with E-state index in [0.29, 0.717) is 10.7 Å². The number of carbonyl (C=O) groups is 1. The predicted molar refractivity (Wildman–Crippen MR) is 76.3 cm³/mol. The maximum Gasteiger partial charge on any atom is 0.270 e. The van der Waals surface area contributed by atoms with Crippen LogP contribution in [0.5, 0.6) is 0 Å². The van der Waals surface area contributed by atoms with Gasteiger partial charge in [0.2, 0.25) is 0 Å². The molecule has 1 aromatic heterocycles. The van der Waals surface area contributed by atoms with E-state index in [1.54, 1.807) is 12.1 Å². The molecule has 0 saturated carbocycles. The molecule has 1 aromatic carbocycles. The summed E-state index contributed by atoms with van der Waals surface area (Å²) in [5, 5.41) is 3.40. The van der Waals surface area contributed by atoms with Crippen LogP contribution in [0.4, 0.5) is 0 Å². The molecule has 1 amide bonds. The smallest absolute Gasteiger partial charge is 0.270 e. The van der Waals surface area contributed by atoms with Crippen molar-refractivity contribution in [3.8, 4) is 0 Å². The van der Waals surface area contributed by atoms with E-state index in [9.17, 15) is 4.79 Å². The largest absolute Gasteiger partial charge is 0.344 e. The first kappa shape index (κ1) is 13.6. The lowest BCUT2D eigenvalue weighted by Gasteiger charge is -2.14. The van der Waals surface area contributed by atoms with Gasteiger partial charge in [0.15, 0.2) is 0 Å². The molecule has 0 fully saturated rings. The third-order valence-electron chi connectivity index (χ3n) is 2.88. The van der Waals surface area contributed by atoms with Crippen LogP contribution in [-0.2, 0) is 0 Å². The molecule has 19 heavy (non-hydrogen) atoms. The van der Waals surface area contributed by atoms with Crippen LogP contribution in [0.1, 0.15) is 34.6 Å². The van der Waals surface area contributed by atoms with Crippen molar-refractivity contribution in [2.45, 2.75) is 19.9 Å². The van der Waals surface area contributed by atoms with Crippen molar-refractivity contribution < 1.29 is 4.79 Å². The van der Waals surface area contributed by atoms with Crippen LogP contribution in [-0.4, -0.2) is 10.9 Å². The summed E-state index contributed by atoms with van der Waals surface area (Å²) in [6.45, 7) is 3.97. The van der Waals surface area contributed by atoms with Crippen LogP contribution in [0.3, 0.4) is 0 Å². The van der Waals surface area contributed by atoms with E-state index in [-0.39, 0.29) is 11.9 Å². The minimum atomic E-state index is -0.226. The number of halogens is 1. The van der Waals surface area contributed by atoms with E-state index in [4.69, 9.17) is 11.6 Å². The molecule has 1 unspecified atom stereocenters. The molecule has 98 valence electrons. The zero-order valence-electron chi connectivity index (χ0n) is 10.9. The molecule has 3 nitrogen and oxygen atoms in total. The van der Waals surface area contributed by atoms with Crippen molar-refractivity contribution in [2.24, 2.45) is 0 Å². The molecular weight excluding hydrogens is 260 g/mol. The fourth-order valence-corrected chi connectivity index (χ4v) is 1.90. The number of nitrogens with one attached hydrogen (secondary N) is 1. The zero-order chi connectivity index (χ0) is 13.8. The van der Waals surface area contributed by atoms with E-state index in [1.807, 2.05) is 38.1 Å². The molecule has 2 aromatic rings. The first-order valence-electron chi connectivity index (χ1n) is 6.05. The summed E-state index contributed by atoms with van der Waals surface area (Å²) in [4.78, 5) is 16.0. The van der Waals surface area contributed by atoms with Crippen molar-refractivity contribution in [1.29, 1.82) is 0 Å². The second-order valence-electron chi connectivity index (χ2n) is 4.47. The summed E-state index contributed by atoms with van der Waals surface area (Å²) >= 11 is 5.84. The van der Waals surface area contributed by atoms with Crippen molar-refractivity contribution in [3.05, 3.63) is 64.4 Å². The number of rotatable bonds is 3. The maximum atomic E-state index is 12.0. The number of carbonyl (C=O) groups excluding carboxylic acids is 1. The number of hydrogen-bond acceptors (Lipinski definition) is 2. The Morgan fingerprint density at radius 2 is 1.95 bits per heavy atom. The van der Waals surface area contributed by atoms with Gasteiger partial charge >= 0.3 is 0 Å². The number of aryl methyl sites for hydroxylation is 1. The predicted octanol–water partition coefficient (Wildman–Crippen LogP) is 3.53. The van der Waals surface area contributed by atoms with Gasteiger partial charge in [-0.05, 0) is 31.5 Å². The summed E-state index contributed by atoms with van der Waals surface area (Å²) in [5.41, 5.74) is 2.58. The molecule has 1 N–H and O–H groups in total. The van der Waals surface area contributed by atoms with Gasteiger partial charge in [-0.25, -0.2) is 0 Å². The SMILES string of the molecule is Cc1ccc(C(C)NC(=O)c2cc(Cl)ccn2)cc1. The van der Waals surface area contributed by atoms with Gasteiger partial charge in [-0.3, -0.25) is 9.78 Å². The Labute approximate surface area is 117 Å². The Balaban J connectivity index is 2.08. The summed E-state index contributed by atoms with van der Waals surface area (Å²) in [5.74, 6) is -0.226. The molecular formula is C15H15ClN2O. The molecule has 0 aliphatic carbocycles. The van der Waals surface area contributed by atoms with Crippen LogP contribution < -0.4 is 5.32 Å². The van der Waals surface area contributed by atoms with Gasteiger partial charge in [0.1, 0.15) is 5.69 Å². The highest BCUT2D eigenvalue weighted by Gasteiger charge is 2.12. The minimum Gasteiger partial charge on any atom is -0.344 e. The Morgan fingerprint density at radius 1 is 1.26 bits per heavy atom. The molecule has 0 bridgehead atoms. The van der Waals surface area contributed by atoms with Crippen LogP contribution in [0.2, 0.25) is 5.02 Å². The zero-order valence-corrected chi connectivity index (χ0v) is 11.6. The third-order valence-corrected chi connectivity index (χ3v) is 3.11. The molecule has 0 radical (unpaired) electrons. The highest BCUT2D eigenvalue weighted by Crippen LogP contribution is 2.14. The second-order valence-corrected chi connectivity index (χ2v) is 4.90. The highest BCUT2D eigenvalue weighted by atomic mass is 35.5. The second kappa shape index (κ2) is 5.85. The summed E-state index contributed by atoms with van der Waals surface area (Å²) in [6, 6.07) is 11.2. The first-order chi connectivity index (χ1) is 9.06. The Hall–Kier alpha value is -1.87. The number of benzene rings is 1. The topological polar surface area (TPSA) is 42.0 Å². The average molecular weight is 275 g/mol. The summed E-state index contributed by atoms with van der Waals surface area (Å²) in [7, 11) is 0. The number of hydrogen-bond donors (Lipinski definition) is 1. The van der Waals surface area contributed by atoms with Crippen LogP contribution in [0.15, 0.2) is 42.6 Å². The first-order valence-corrected chi connectivity index (χ1v) is 6.43. The van der Waals surface area contributed by atoms with Gasteiger partial charge in [0, 0.05) is 11.2 Å². The lowest BCUT2D eigenvalue weighted by atomic mass is 10.1. The van der Waals surface area contributed by atoms with Gasteiger partial charge in [0.05, 0.1) is 6.04 Å². The fraction of sp³-hybridized carbons (Fsp3) is 0.200. The average Bonchev–Trinajstić information content (AvgIpc) is 2.39.